The van der Waals surface area contributed by atoms with Crippen molar-refractivity contribution in [3.63, 3.8) is 0 Å². The molecule has 9 heteroatoms. The van der Waals surface area contributed by atoms with Crippen LogP contribution in [0.25, 0.3) is 0 Å². The second-order valence-corrected chi connectivity index (χ2v) is 5.52. The van der Waals surface area contributed by atoms with Gasteiger partial charge in [-0.25, -0.2) is 18.6 Å². The van der Waals surface area contributed by atoms with E-state index in [4.69, 9.17) is 23.2 Å². The van der Waals surface area contributed by atoms with Crippen LogP contribution in [0.4, 0.5) is 8.78 Å². The summed E-state index contributed by atoms with van der Waals surface area (Å²) in [5.74, 6) is -4.06. The highest BCUT2D eigenvalue weighted by molar-refractivity contribution is 6.37. The molecule has 130 valence electrons. The molecule has 25 heavy (non-hydrogen) atoms. The van der Waals surface area contributed by atoms with Crippen LogP contribution in [-0.4, -0.2) is 21.8 Å². The average molecular weight is 387 g/mol. The summed E-state index contributed by atoms with van der Waals surface area (Å²) in [5.41, 5.74) is -0.600. The molecule has 5 nitrogen and oxygen atoms in total. The third-order valence-electron chi connectivity index (χ3n) is 3.05. The van der Waals surface area contributed by atoms with Gasteiger partial charge in [0.25, 0.3) is 0 Å². The van der Waals surface area contributed by atoms with Crippen LogP contribution in [0.15, 0.2) is 42.1 Å². The number of hydrogen-bond acceptors (Lipinski definition) is 4. The molecule has 0 aliphatic carbocycles. The highest BCUT2D eigenvalue weighted by Crippen LogP contribution is 2.22. The molecule has 0 fully saturated rings. The van der Waals surface area contributed by atoms with Gasteiger partial charge < -0.3 is 10.4 Å². The van der Waals surface area contributed by atoms with Crippen molar-refractivity contribution in [3.05, 3.63) is 75.2 Å². The summed E-state index contributed by atoms with van der Waals surface area (Å²) in [7, 11) is 0. The minimum absolute atomic E-state index is 0.0722. The first-order chi connectivity index (χ1) is 11.8. The Labute approximate surface area is 150 Å². The number of carbonyl (C=O) groups is 2. The summed E-state index contributed by atoms with van der Waals surface area (Å²) < 4.78 is 26.6. The van der Waals surface area contributed by atoms with Gasteiger partial charge in [0.15, 0.2) is 11.0 Å². The summed E-state index contributed by atoms with van der Waals surface area (Å²) in [4.78, 5) is 27.0. The van der Waals surface area contributed by atoms with Crippen molar-refractivity contribution < 1.29 is 23.5 Å². The maximum Gasteiger partial charge on any atom is 0.341 e. The standard InChI is InChI=1S/C16H10Cl2F2N2O3/c17-14-10(5-12(20)15(18)22-14)13(23)11(16(24)25)7-21-6-8-2-1-3-9(19)4-8/h1-5,7,21H,6H2,(H,24,25)/b11-7-. The molecule has 0 saturated heterocycles. The van der Waals surface area contributed by atoms with Crippen molar-refractivity contribution in [2.24, 2.45) is 0 Å². The van der Waals surface area contributed by atoms with Crippen LogP contribution in [0.1, 0.15) is 15.9 Å². The lowest BCUT2D eigenvalue weighted by Gasteiger charge is -2.07. The van der Waals surface area contributed by atoms with Crippen molar-refractivity contribution in [2.75, 3.05) is 0 Å². The second-order valence-electron chi connectivity index (χ2n) is 4.80. The molecule has 0 atom stereocenters. The van der Waals surface area contributed by atoms with Gasteiger partial charge in [-0.3, -0.25) is 4.79 Å². The fourth-order valence-electron chi connectivity index (χ4n) is 1.89. The maximum atomic E-state index is 13.5. The molecule has 1 aromatic carbocycles. The van der Waals surface area contributed by atoms with E-state index in [0.29, 0.717) is 11.6 Å². The molecule has 1 aromatic heterocycles. The highest BCUT2D eigenvalue weighted by Gasteiger charge is 2.23. The van der Waals surface area contributed by atoms with Gasteiger partial charge in [0.2, 0.25) is 5.78 Å². The van der Waals surface area contributed by atoms with Crippen LogP contribution < -0.4 is 5.32 Å². The molecule has 0 amide bonds. The SMILES string of the molecule is O=C(O)/C(=C\NCc1cccc(F)c1)C(=O)c1cc(F)c(Cl)nc1Cl. The number of aromatic nitrogens is 1. The lowest BCUT2D eigenvalue weighted by Crippen LogP contribution is -2.18. The molecule has 0 unspecified atom stereocenters. The number of hydrogen-bond donors (Lipinski definition) is 2. The summed E-state index contributed by atoms with van der Waals surface area (Å²) in [6.45, 7) is 0.0722. The van der Waals surface area contributed by atoms with Gasteiger partial charge in [-0.2, -0.15) is 0 Å². The first kappa shape index (κ1) is 18.8. The van der Waals surface area contributed by atoms with Crippen molar-refractivity contribution in [1.29, 1.82) is 0 Å². The third kappa shape index (κ3) is 4.74. The van der Waals surface area contributed by atoms with Gasteiger partial charge in [0, 0.05) is 12.7 Å². The number of nitrogens with zero attached hydrogens (tertiary/aromatic N) is 1. The highest BCUT2D eigenvalue weighted by atomic mass is 35.5. The first-order valence-corrected chi connectivity index (χ1v) is 7.52. The van der Waals surface area contributed by atoms with Crippen molar-refractivity contribution in [3.8, 4) is 0 Å². The van der Waals surface area contributed by atoms with Crippen LogP contribution in [0.5, 0.6) is 0 Å². The number of carboxylic acid groups (broad SMARTS) is 1. The number of Topliss-reactive ketones (excluding diaryl/α,β-unsaturated/α-hetero) is 1. The Morgan fingerprint density at radius 1 is 1.20 bits per heavy atom. The molecule has 0 aliphatic rings. The van der Waals surface area contributed by atoms with E-state index in [2.05, 4.69) is 10.3 Å². The van der Waals surface area contributed by atoms with Gasteiger partial charge in [-0.1, -0.05) is 35.3 Å². The molecule has 1 heterocycles. The average Bonchev–Trinajstić information content (AvgIpc) is 2.54. The Morgan fingerprint density at radius 3 is 2.56 bits per heavy atom. The quantitative estimate of drug-likeness (QED) is 0.260. The molecular formula is C16H10Cl2F2N2O3. The lowest BCUT2D eigenvalue weighted by molar-refractivity contribution is -0.132. The van der Waals surface area contributed by atoms with E-state index in [1.807, 2.05) is 0 Å². The maximum absolute atomic E-state index is 13.5. The molecule has 2 N–H and O–H groups in total. The zero-order chi connectivity index (χ0) is 18.6. The van der Waals surface area contributed by atoms with Gasteiger partial charge in [-0.05, 0) is 23.8 Å². The van der Waals surface area contributed by atoms with E-state index in [1.165, 1.54) is 18.2 Å². The number of benzene rings is 1. The van der Waals surface area contributed by atoms with Crippen LogP contribution in [0.2, 0.25) is 10.3 Å². The Kier molecular flexibility index (Phi) is 6.06. The van der Waals surface area contributed by atoms with E-state index < -0.39 is 44.8 Å². The lowest BCUT2D eigenvalue weighted by atomic mass is 10.1. The molecule has 0 radical (unpaired) electrons. The summed E-state index contributed by atoms with van der Waals surface area (Å²) in [6, 6.07) is 6.32. The normalized spacial score (nSPS) is 11.3. The fraction of sp³-hybridized carbons (Fsp3) is 0.0625. The number of aliphatic carboxylic acids is 1. The zero-order valence-corrected chi connectivity index (χ0v) is 13.9. The molecule has 0 spiro atoms. The van der Waals surface area contributed by atoms with Crippen LogP contribution in [0, 0.1) is 11.6 Å². The third-order valence-corrected chi connectivity index (χ3v) is 3.60. The Hall–Kier alpha value is -2.51. The van der Waals surface area contributed by atoms with E-state index in [1.54, 1.807) is 6.07 Å². The predicted molar refractivity (Wildman–Crippen MR) is 87.5 cm³/mol. The van der Waals surface area contributed by atoms with Crippen molar-refractivity contribution >= 4 is 35.0 Å². The number of pyridine rings is 1. The minimum atomic E-state index is -1.55. The van der Waals surface area contributed by atoms with Crippen LogP contribution in [-0.2, 0) is 11.3 Å². The van der Waals surface area contributed by atoms with Gasteiger partial charge in [-0.15, -0.1) is 0 Å². The molecule has 2 rings (SSSR count). The number of ketones is 1. The molecule has 0 saturated carbocycles. The predicted octanol–water partition coefficient (Wildman–Crippen LogP) is 3.61. The monoisotopic (exact) mass is 386 g/mol. The topological polar surface area (TPSA) is 79.3 Å². The first-order valence-electron chi connectivity index (χ1n) is 6.77. The van der Waals surface area contributed by atoms with Gasteiger partial charge >= 0.3 is 5.97 Å². The number of carbonyl (C=O) groups excluding carboxylic acids is 1. The smallest absolute Gasteiger partial charge is 0.341 e. The number of nitrogens with one attached hydrogen (secondary N) is 1. The van der Waals surface area contributed by atoms with E-state index in [-0.39, 0.29) is 6.54 Å². The summed E-state index contributed by atoms with van der Waals surface area (Å²) in [5, 5.41) is 10.8. The summed E-state index contributed by atoms with van der Waals surface area (Å²) in [6.07, 6.45) is 0.929. The Morgan fingerprint density at radius 2 is 1.92 bits per heavy atom. The van der Waals surface area contributed by atoms with Gasteiger partial charge in [0.1, 0.15) is 16.5 Å². The van der Waals surface area contributed by atoms with E-state index in [9.17, 15) is 23.5 Å². The molecule has 0 bridgehead atoms. The fourth-order valence-corrected chi connectivity index (χ4v) is 2.30. The zero-order valence-electron chi connectivity index (χ0n) is 12.4. The van der Waals surface area contributed by atoms with Crippen LogP contribution >= 0.6 is 23.2 Å². The van der Waals surface area contributed by atoms with Gasteiger partial charge in [0.05, 0.1) is 5.56 Å². The van der Waals surface area contributed by atoms with E-state index in [0.717, 1.165) is 6.20 Å². The number of rotatable bonds is 6. The molecular weight excluding hydrogens is 377 g/mol. The Balaban J connectivity index is 2.24. The van der Waals surface area contributed by atoms with E-state index >= 15 is 0 Å². The number of halogens is 4. The largest absolute Gasteiger partial charge is 0.477 e. The second kappa shape index (κ2) is 8.04. The molecule has 2 aromatic rings. The van der Waals surface area contributed by atoms with Crippen molar-refractivity contribution in [2.45, 2.75) is 6.54 Å². The summed E-state index contributed by atoms with van der Waals surface area (Å²) >= 11 is 11.2. The van der Waals surface area contributed by atoms with Crippen molar-refractivity contribution in [1.82, 2.24) is 10.3 Å². The Bertz CT molecular complexity index is 872. The van der Waals surface area contributed by atoms with Crippen LogP contribution in [0.3, 0.4) is 0 Å². The molecule has 0 aliphatic heterocycles. The number of carboxylic acids is 1. The minimum Gasteiger partial charge on any atom is -0.477 e.